The summed E-state index contributed by atoms with van der Waals surface area (Å²) in [6.07, 6.45) is 2.14. The highest BCUT2D eigenvalue weighted by Gasteiger charge is 2.11. The second-order valence-electron chi connectivity index (χ2n) is 5.07. The van der Waals surface area contributed by atoms with Gasteiger partial charge in [-0.15, -0.1) is 0 Å². The van der Waals surface area contributed by atoms with E-state index in [0.717, 1.165) is 6.54 Å². The van der Waals surface area contributed by atoms with E-state index in [4.69, 9.17) is 0 Å². The van der Waals surface area contributed by atoms with Gasteiger partial charge in [-0.1, -0.05) is 48.0 Å². The van der Waals surface area contributed by atoms with Crippen LogP contribution in [0.3, 0.4) is 0 Å². The van der Waals surface area contributed by atoms with Gasteiger partial charge in [-0.3, -0.25) is 0 Å². The molecule has 0 radical (unpaired) electrons. The molecule has 2 aromatic carbocycles. The highest BCUT2D eigenvalue weighted by atomic mass is 15.0. The summed E-state index contributed by atoms with van der Waals surface area (Å²) in [4.78, 5) is 0. The number of nitrogens with zero attached hydrogens (tertiary/aromatic N) is 1. The molecule has 1 heteroatoms. The molecule has 0 saturated heterocycles. The molecule has 98 valence electrons. The molecule has 0 aliphatic rings. The maximum absolute atomic E-state index is 2.29. The van der Waals surface area contributed by atoms with Crippen molar-refractivity contribution in [3.8, 4) is 11.3 Å². The van der Waals surface area contributed by atoms with E-state index in [1.807, 2.05) is 0 Å². The molecule has 3 rings (SSSR count). The summed E-state index contributed by atoms with van der Waals surface area (Å²) in [7, 11) is 0. The van der Waals surface area contributed by atoms with Crippen molar-refractivity contribution in [2.75, 3.05) is 0 Å². The van der Waals surface area contributed by atoms with Gasteiger partial charge in [0.1, 0.15) is 0 Å². The first-order chi connectivity index (χ1) is 9.83. The van der Waals surface area contributed by atoms with E-state index < -0.39 is 0 Å². The molecule has 0 N–H and O–H groups in total. The molecular formula is C19H18N+. The largest absolute Gasteiger partial charge is 0.212 e. The van der Waals surface area contributed by atoms with Crippen molar-refractivity contribution in [3.63, 3.8) is 0 Å². The van der Waals surface area contributed by atoms with E-state index in [1.54, 1.807) is 0 Å². The highest BCUT2D eigenvalue weighted by Crippen LogP contribution is 2.14. The zero-order valence-electron chi connectivity index (χ0n) is 11.7. The lowest BCUT2D eigenvalue weighted by molar-refractivity contribution is -0.677. The normalized spacial score (nSPS) is 10.4. The van der Waals surface area contributed by atoms with Crippen LogP contribution < -0.4 is 4.57 Å². The summed E-state index contributed by atoms with van der Waals surface area (Å²) in [5.41, 5.74) is 5.12. The second kappa shape index (κ2) is 5.70. The molecule has 0 atom stereocenters. The molecule has 3 aromatic rings. The van der Waals surface area contributed by atoms with Gasteiger partial charge in [0.15, 0.2) is 12.7 Å². The standard InChI is InChI=1S/C19H18N/c1-16-10-12-17(13-11-16)15-20-14-6-5-9-19(20)18-7-3-2-4-8-18/h2-14H,15H2,1H3/q+1. The zero-order valence-corrected chi connectivity index (χ0v) is 11.7. The average Bonchev–Trinajstić information content (AvgIpc) is 2.51. The van der Waals surface area contributed by atoms with Gasteiger partial charge in [0.25, 0.3) is 0 Å². The van der Waals surface area contributed by atoms with E-state index in [1.165, 1.54) is 22.4 Å². The molecule has 0 saturated carbocycles. The van der Waals surface area contributed by atoms with Crippen LogP contribution in [0.1, 0.15) is 11.1 Å². The first kappa shape index (κ1) is 12.6. The van der Waals surface area contributed by atoms with Crippen molar-refractivity contribution < 1.29 is 4.57 Å². The second-order valence-corrected chi connectivity index (χ2v) is 5.07. The van der Waals surface area contributed by atoms with Crippen LogP contribution in [0, 0.1) is 6.92 Å². The van der Waals surface area contributed by atoms with Gasteiger partial charge in [0, 0.05) is 23.3 Å². The monoisotopic (exact) mass is 260 g/mol. The number of benzene rings is 2. The lowest BCUT2D eigenvalue weighted by atomic mass is 10.1. The molecule has 1 nitrogen and oxygen atoms in total. The smallest absolute Gasteiger partial charge is 0.194 e. The summed E-state index contributed by atoms with van der Waals surface area (Å²) in [5.74, 6) is 0. The minimum atomic E-state index is 0.894. The fourth-order valence-electron chi connectivity index (χ4n) is 2.38. The number of rotatable bonds is 3. The van der Waals surface area contributed by atoms with Crippen LogP contribution in [0.2, 0.25) is 0 Å². The quantitative estimate of drug-likeness (QED) is 0.627. The maximum Gasteiger partial charge on any atom is 0.212 e. The lowest BCUT2D eigenvalue weighted by Crippen LogP contribution is -2.36. The number of hydrogen-bond donors (Lipinski definition) is 0. The van der Waals surface area contributed by atoms with Crippen molar-refractivity contribution in [2.24, 2.45) is 0 Å². The molecule has 0 fully saturated rings. The Morgan fingerprint density at radius 1 is 0.750 bits per heavy atom. The molecule has 0 amide bonds. The molecule has 1 heterocycles. The molecule has 0 spiro atoms. The van der Waals surface area contributed by atoms with Gasteiger partial charge < -0.3 is 0 Å². The molecular weight excluding hydrogens is 242 g/mol. The molecule has 0 aliphatic carbocycles. The Balaban J connectivity index is 1.96. The van der Waals surface area contributed by atoms with Gasteiger partial charge in [-0.05, 0) is 25.1 Å². The van der Waals surface area contributed by atoms with Gasteiger partial charge >= 0.3 is 0 Å². The minimum absolute atomic E-state index is 0.894. The average molecular weight is 260 g/mol. The Morgan fingerprint density at radius 3 is 2.20 bits per heavy atom. The van der Waals surface area contributed by atoms with E-state index in [-0.39, 0.29) is 0 Å². The first-order valence-corrected chi connectivity index (χ1v) is 6.92. The Kier molecular flexibility index (Phi) is 3.60. The van der Waals surface area contributed by atoms with Gasteiger partial charge in [-0.2, -0.15) is 4.57 Å². The Morgan fingerprint density at radius 2 is 1.45 bits per heavy atom. The number of aryl methyl sites for hydroxylation is 1. The van der Waals surface area contributed by atoms with E-state index in [2.05, 4.69) is 90.5 Å². The number of pyridine rings is 1. The van der Waals surface area contributed by atoms with E-state index in [0.29, 0.717) is 0 Å². The predicted molar refractivity (Wildman–Crippen MR) is 82.4 cm³/mol. The van der Waals surface area contributed by atoms with Crippen molar-refractivity contribution in [1.82, 2.24) is 0 Å². The van der Waals surface area contributed by atoms with Crippen LogP contribution >= 0.6 is 0 Å². The molecule has 0 aliphatic heterocycles. The summed E-state index contributed by atoms with van der Waals surface area (Å²) in [6, 6.07) is 25.6. The minimum Gasteiger partial charge on any atom is -0.194 e. The Bertz CT molecular complexity index is 684. The van der Waals surface area contributed by atoms with Crippen LogP contribution in [0.4, 0.5) is 0 Å². The molecule has 20 heavy (non-hydrogen) atoms. The van der Waals surface area contributed by atoms with Crippen LogP contribution in [-0.4, -0.2) is 0 Å². The summed E-state index contributed by atoms with van der Waals surface area (Å²) < 4.78 is 2.29. The molecule has 0 unspecified atom stereocenters. The van der Waals surface area contributed by atoms with Crippen LogP contribution in [0.15, 0.2) is 79.0 Å². The lowest BCUT2D eigenvalue weighted by Gasteiger charge is -2.04. The topological polar surface area (TPSA) is 3.88 Å². The van der Waals surface area contributed by atoms with Crippen LogP contribution in [-0.2, 0) is 6.54 Å². The predicted octanol–water partition coefficient (Wildman–Crippen LogP) is 4.00. The Hall–Kier alpha value is -2.41. The van der Waals surface area contributed by atoms with Crippen LogP contribution in [0.25, 0.3) is 11.3 Å². The fraction of sp³-hybridized carbons (Fsp3) is 0.105. The van der Waals surface area contributed by atoms with Crippen molar-refractivity contribution in [3.05, 3.63) is 90.1 Å². The highest BCUT2D eigenvalue weighted by molar-refractivity contribution is 5.55. The van der Waals surface area contributed by atoms with Crippen LogP contribution in [0.5, 0.6) is 0 Å². The first-order valence-electron chi connectivity index (χ1n) is 6.92. The van der Waals surface area contributed by atoms with Gasteiger partial charge in [-0.25, -0.2) is 0 Å². The third-order valence-corrected chi connectivity index (χ3v) is 3.48. The third kappa shape index (κ3) is 2.77. The van der Waals surface area contributed by atoms with Crippen molar-refractivity contribution in [1.29, 1.82) is 0 Å². The van der Waals surface area contributed by atoms with E-state index >= 15 is 0 Å². The van der Waals surface area contributed by atoms with Gasteiger partial charge in [0.2, 0.25) is 5.69 Å². The van der Waals surface area contributed by atoms with Crippen molar-refractivity contribution >= 4 is 0 Å². The Labute approximate surface area is 120 Å². The van der Waals surface area contributed by atoms with Crippen molar-refractivity contribution in [2.45, 2.75) is 13.5 Å². The summed E-state index contributed by atoms with van der Waals surface area (Å²) >= 11 is 0. The van der Waals surface area contributed by atoms with Gasteiger partial charge in [0.05, 0.1) is 0 Å². The maximum atomic E-state index is 2.29. The molecule has 0 bridgehead atoms. The SMILES string of the molecule is Cc1ccc(C[n+]2ccccc2-c2ccccc2)cc1. The third-order valence-electron chi connectivity index (χ3n) is 3.48. The summed E-state index contributed by atoms with van der Waals surface area (Å²) in [6.45, 7) is 3.01. The number of hydrogen-bond acceptors (Lipinski definition) is 0. The fourth-order valence-corrected chi connectivity index (χ4v) is 2.38. The number of aromatic nitrogens is 1. The van der Waals surface area contributed by atoms with E-state index in [9.17, 15) is 0 Å². The summed E-state index contributed by atoms with van der Waals surface area (Å²) in [5, 5.41) is 0. The zero-order chi connectivity index (χ0) is 13.8. The molecule has 1 aromatic heterocycles.